The number of hydrogen-bond acceptors (Lipinski definition) is 4. The molecule has 3 rings (SSSR count). The van der Waals surface area contributed by atoms with Crippen LogP contribution in [0.3, 0.4) is 0 Å². The van der Waals surface area contributed by atoms with Crippen LogP contribution in [0, 0.1) is 12.7 Å². The normalized spacial score (nSPS) is 10.6. The predicted octanol–water partition coefficient (Wildman–Crippen LogP) is 4.12. The largest absolute Gasteiger partial charge is 0.423 e. The van der Waals surface area contributed by atoms with Crippen molar-refractivity contribution in [2.75, 3.05) is 0 Å². The average molecular weight is 376 g/mol. The van der Waals surface area contributed by atoms with Crippen LogP contribution >= 0.6 is 0 Å². The Morgan fingerprint density at radius 2 is 1.68 bits per heavy atom. The summed E-state index contributed by atoms with van der Waals surface area (Å²) in [4.78, 5) is 24.0. The second-order valence-corrected chi connectivity index (χ2v) is 6.03. The Morgan fingerprint density at radius 1 is 0.964 bits per heavy atom. The highest BCUT2D eigenvalue weighted by Gasteiger charge is 2.08. The minimum Gasteiger partial charge on any atom is -0.423 e. The summed E-state index contributed by atoms with van der Waals surface area (Å²) in [5, 5.41) is 3.86. The second kappa shape index (κ2) is 8.73. The van der Waals surface area contributed by atoms with Crippen LogP contribution in [0.4, 0.5) is 4.39 Å². The zero-order valence-electron chi connectivity index (χ0n) is 15.1. The predicted molar refractivity (Wildman–Crippen MR) is 104 cm³/mol. The number of carbonyl (C=O) groups is 2. The molecule has 0 saturated heterocycles. The van der Waals surface area contributed by atoms with Gasteiger partial charge in [-0.1, -0.05) is 17.7 Å². The molecule has 0 aromatic heterocycles. The van der Waals surface area contributed by atoms with Crippen LogP contribution in [0.15, 0.2) is 77.9 Å². The molecule has 0 saturated carbocycles. The van der Waals surface area contributed by atoms with Crippen LogP contribution in [0.1, 0.15) is 31.8 Å². The van der Waals surface area contributed by atoms with Crippen molar-refractivity contribution in [3.63, 3.8) is 0 Å². The highest BCUT2D eigenvalue weighted by atomic mass is 19.1. The maximum absolute atomic E-state index is 12.9. The topological polar surface area (TPSA) is 67.8 Å². The lowest BCUT2D eigenvalue weighted by atomic mass is 10.1. The third kappa shape index (κ3) is 5.11. The number of esters is 1. The summed E-state index contributed by atoms with van der Waals surface area (Å²) < 4.78 is 18.2. The fraction of sp³-hybridized carbons (Fsp3) is 0.0455. The van der Waals surface area contributed by atoms with E-state index in [1.54, 1.807) is 42.5 Å². The van der Waals surface area contributed by atoms with Crippen LogP contribution < -0.4 is 10.2 Å². The maximum atomic E-state index is 12.9. The van der Waals surface area contributed by atoms with Gasteiger partial charge >= 0.3 is 5.97 Å². The van der Waals surface area contributed by atoms with Gasteiger partial charge in [-0.2, -0.15) is 5.10 Å². The van der Waals surface area contributed by atoms with Gasteiger partial charge in [-0.25, -0.2) is 14.6 Å². The number of nitrogens with zero attached hydrogens (tertiary/aromatic N) is 1. The van der Waals surface area contributed by atoms with Gasteiger partial charge in [0, 0.05) is 5.56 Å². The molecule has 0 aliphatic heterocycles. The van der Waals surface area contributed by atoms with Gasteiger partial charge < -0.3 is 4.74 Å². The Balaban J connectivity index is 1.56. The van der Waals surface area contributed by atoms with Gasteiger partial charge in [0.25, 0.3) is 5.91 Å². The van der Waals surface area contributed by atoms with Gasteiger partial charge in [-0.3, -0.25) is 4.79 Å². The number of ether oxygens (including phenoxy) is 1. The van der Waals surface area contributed by atoms with E-state index >= 15 is 0 Å². The molecule has 6 heteroatoms. The minimum absolute atomic E-state index is 0.303. The van der Waals surface area contributed by atoms with Gasteiger partial charge in [0.2, 0.25) is 0 Å². The fourth-order valence-corrected chi connectivity index (χ4v) is 2.39. The molecule has 0 spiro atoms. The molecular weight excluding hydrogens is 359 g/mol. The van der Waals surface area contributed by atoms with E-state index in [0.717, 1.165) is 5.56 Å². The first-order valence-corrected chi connectivity index (χ1v) is 8.49. The van der Waals surface area contributed by atoms with Crippen LogP contribution in [0.25, 0.3) is 0 Å². The maximum Gasteiger partial charge on any atom is 0.343 e. The molecule has 0 aliphatic rings. The van der Waals surface area contributed by atoms with E-state index < -0.39 is 17.7 Å². The van der Waals surface area contributed by atoms with Crippen LogP contribution in [0.5, 0.6) is 5.75 Å². The lowest BCUT2D eigenvalue weighted by Gasteiger charge is -2.05. The summed E-state index contributed by atoms with van der Waals surface area (Å²) in [7, 11) is 0. The summed E-state index contributed by atoms with van der Waals surface area (Å²) in [6, 6.07) is 19.0. The van der Waals surface area contributed by atoms with E-state index in [1.807, 2.05) is 13.0 Å². The quantitative estimate of drug-likeness (QED) is 0.315. The smallest absolute Gasteiger partial charge is 0.343 e. The molecule has 0 radical (unpaired) electrons. The van der Waals surface area contributed by atoms with Crippen molar-refractivity contribution in [3.8, 4) is 5.75 Å². The van der Waals surface area contributed by atoms with Crippen molar-refractivity contribution < 1.29 is 18.7 Å². The molecule has 1 amide bonds. The van der Waals surface area contributed by atoms with Crippen molar-refractivity contribution in [1.82, 2.24) is 5.43 Å². The lowest BCUT2D eigenvalue weighted by Crippen LogP contribution is -2.17. The molecule has 5 nitrogen and oxygen atoms in total. The highest BCUT2D eigenvalue weighted by molar-refractivity contribution is 5.95. The third-order valence-electron chi connectivity index (χ3n) is 3.83. The van der Waals surface area contributed by atoms with Crippen molar-refractivity contribution in [1.29, 1.82) is 0 Å². The van der Waals surface area contributed by atoms with Crippen molar-refractivity contribution in [2.24, 2.45) is 5.10 Å². The standard InChI is InChI=1S/C22H17FN2O3/c1-15-3-2-4-18(13-15)22(27)28-20-11-5-16(6-12-20)14-24-25-21(26)17-7-9-19(23)10-8-17/h2-14H,1H3,(H,25,26). The Bertz CT molecular complexity index is 1010. The summed E-state index contributed by atoms with van der Waals surface area (Å²) >= 11 is 0. The molecule has 0 unspecified atom stereocenters. The highest BCUT2D eigenvalue weighted by Crippen LogP contribution is 2.14. The summed E-state index contributed by atoms with van der Waals surface area (Å²) in [6.45, 7) is 1.90. The number of amides is 1. The number of benzene rings is 3. The van der Waals surface area contributed by atoms with Crippen molar-refractivity contribution >= 4 is 18.1 Å². The summed E-state index contributed by atoms with van der Waals surface area (Å²) in [5.41, 5.74) is 4.83. The molecule has 0 atom stereocenters. The van der Waals surface area contributed by atoms with Gasteiger partial charge in [0.15, 0.2) is 0 Å². The molecule has 0 heterocycles. The van der Waals surface area contributed by atoms with E-state index in [4.69, 9.17) is 4.74 Å². The Hall–Kier alpha value is -3.80. The first kappa shape index (κ1) is 19.0. The summed E-state index contributed by atoms with van der Waals surface area (Å²) in [6.07, 6.45) is 1.45. The number of halogens is 1. The molecule has 28 heavy (non-hydrogen) atoms. The van der Waals surface area contributed by atoms with E-state index in [-0.39, 0.29) is 0 Å². The number of aryl methyl sites for hydroxylation is 1. The van der Waals surface area contributed by atoms with Gasteiger partial charge in [-0.15, -0.1) is 0 Å². The average Bonchev–Trinajstić information content (AvgIpc) is 2.69. The Morgan fingerprint density at radius 3 is 2.36 bits per heavy atom. The fourth-order valence-electron chi connectivity index (χ4n) is 2.39. The van der Waals surface area contributed by atoms with E-state index in [0.29, 0.717) is 22.4 Å². The third-order valence-corrected chi connectivity index (χ3v) is 3.83. The zero-order chi connectivity index (χ0) is 19.9. The van der Waals surface area contributed by atoms with Gasteiger partial charge in [0.05, 0.1) is 11.8 Å². The molecule has 0 fully saturated rings. The van der Waals surface area contributed by atoms with Crippen LogP contribution in [0.2, 0.25) is 0 Å². The van der Waals surface area contributed by atoms with Crippen molar-refractivity contribution in [2.45, 2.75) is 6.92 Å². The molecule has 1 N–H and O–H groups in total. The molecular formula is C22H17FN2O3. The number of rotatable bonds is 5. The van der Waals surface area contributed by atoms with E-state index in [1.165, 1.54) is 30.5 Å². The zero-order valence-corrected chi connectivity index (χ0v) is 15.1. The van der Waals surface area contributed by atoms with Crippen LogP contribution in [-0.2, 0) is 0 Å². The van der Waals surface area contributed by atoms with Gasteiger partial charge in [-0.05, 0) is 73.2 Å². The molecule has 140 valence electrons. The summed E-state index contributed by atoms with van der Waals surface area (Å²) in [5.74, 6) is -0.890. The molecule has 0 bridgehead atoms. The lowest BCUT2D eigenvalue weighted by molar-refractivity contribution is 0.0734. The van der Waals surface area contributed by atoms with Crippen LogP contribution in [-0.4, -0.2) is 18.1 Å². The van der Waals surface area contributed by atoms with Gasteiger partial charge in [0.1, 0.15) is 11.6 Å². The number of carbonyl (C=O) groups excluding carboxylic acids is 2. The van der Waals surface area contributed by atoms with E-state index in [9.17, 15) is 14.0 Å². The molecule has 3 aromatic carbocycles. The Kier molecular flexibility index (Phi) is 5.91. The minimum atomic E-state index is -0.444. The first-order chi connectivity index (χ1) is 13.5. The molecule has 3 aromatic rings. The molecule has 0 aliphatic carbocycles. The Labute approximate surface area is 161 Å². The number of hydrogen-bond donors (Lipinski definition) is 1. The van der Waals surface area contributed by atoms with Crippen molar-refractivity contribution in [3.05, 3.63) is 101 Å². The monoisotopic (exact) mass is 376 g/mol. The second-order valence-electron chi connectivity index (χ2n) is 6.03. The first-order valence-electron chi connectivity index (χ1n) is 8.49. The number of hydrazone groups is 1. The SMILES string of the molecule is Cc1cccc(C(=O)Oc2ccc(C=NNC(=O)c3ccc(F)cc3)cc2)c1. The number of nitrogens with one attached hydrogen (secondary N) is 1. The van der Waals surface area contributed by atoms with E-state index in [2.05, 4.69) is 10.5 Å².